The third kappa shape index (κ3) is 6.33. The molecule has 1 fully saturated rings. The molecular weight excluding hydrogens is 451 g/mol. The first-order valence-electron chi connectivity index (χ1n) is 11.7. The van der Waals surface area contributed by atoms with Crippen molar-refractivity contribution in [2.45, 2.75) is 32.2 Å². The van der Waals surface area contributed by atoms with Crippen LogP contribution < -0.4 is 10.3 Å². The van der Waals surface area contributed by atoms with Gasteiger partial charge in [-0.2, -0.15) is 5.10 Å². The van der Waals surface area contributed by atoms with E-state index in [0.717, 1.165) is 31.2 Å². The van der Waals surface area contributed by atoms with Gasteiger partial charge in [-0.25, -0.2) is 13.9 Å². The van der Waals surface area contributed by atoms with Crippen LogP contribution in [0.25, 0.3) is 22.4 Å². The maximum absolute atomic E-state index is 14.3. The Bertz CT molecular complexity index is 1220. The molecular formula is C27H29FN2O5. The Morgan fingerprint density at radius 3 is 2.46 bits per heavy atom. The predicted octanol–water partition coefficient (Wildman–Crippen LogP) is 4.63. The van der Waals surface area contributed by atoms with Crippen LogP contribution in [0.2, 0.25) is 0 Å². The zero-order chi connectivity index (χ0) is 24.8. The van der Waals surface area contributed by atoms with Gasteiger partial charge in [0.25, 0.3) is 5.56 Å². The maximum Gasteiger partial charge on any atom is 0.329 e. The highest BCUT2D eigenvalue weighted by atomic mass is 19.1. The number of nitrogens with zero attached hydrogens (tertiary/aromatic N) is 2. The first-order valence-corrected chi connectivity index (χ1v) is 11.7. The molecule has 0 aliphatic heterocycles. The van der Waals surface area contributed by atoms with E-state index in [4.69, 9.17) is 19.7 Å². The van der Waals surface area contributed by atoms with E-state index in [1.54, 1.807) is 12.1 Å². The summed E-state index contributed by atoms with van der Waals surface area (Å²) in [5.41, 5.74) is 2.31. The summed E-state index contributed by atoms with van der Waals surface area (Å²) in [6.45, 7) is 0.630. The van der Waals surface area contributed by atoms with E-state index >= 15 is 0 Å². The Labute approximate surface area is 203 Å². The number of carboxylic acids is 1. The zero-order valence-electron chi connectivity index (χ0n) is 19.7. The molecule has 0 saturated heterocycles. The predicted molar refractivity (Wildman–Crippen MR) is 130 cm³/mol. The highest BCUT2D eigenvalue weighted by Crippen LogP contribution is 2.33. The molecule has 1 saturated carbocycles. The van der Waals surface area contributed by atoms with E-state index in [-0.39, 0.29) is 18.1 Å². The second-order valence-electron chi connectivity index (χ2n) is 8.97. The van der Waals surface area contributed by atoms with Crippen LogP contribution in [-0.2, 0) is 16.1 Å². The van der Waals surface area contributed by atoms with Gasteiger partial charge in [-0.1, -0.05) is 30.3 Å². The number of methoxy groups -OCH3 is 1. The minimum atomic E-state index is -0.963. The normalized spacial score (nSPS) is 17.8. The van der Waals surface area contributed by atoms with Crippen LogP contribution in [-0.4, -0.2) is 41.2 Å². The third-order valence-corrected chi connectivity index (χ3v) is 6.44. The van der Waals surface area contributed by atoms with Crippen molar-refractivity contribution >= 4 is 5.97 Å². The molecule has 0 bridgehead atoms. The molecule has 2 aromatic carbocycles. The van der Waals surface area contributed by atoms with E-state index in [1.807, 2.05) is 30.3 Å². The molecule has 0 unspecified atom stereocenters. The number of benzene rings is 2. The molecule has 0 radical (unpaired) electrons. The van der Waals surface area contributed by atoms with Gasteiger partial charge in [0.2, 0.25) is 0 Å². The summed E-state index contributed by atoms with van der Waals surface area (Å²) in [5.74, 6) is -0.433. The molecule has 35 heavy (non-hydrogen) atoms. The smallest absolute Gasteiger partial charge is 0.329 e. The SMILES string of the molecule is COc1cc(F)cc(-c2nn(C[C@H]3CC[C@@H](COCC(=O)O)CC3)c(=O)cc2-c2ccccc2)c1. The zero-order valence-corrected chi connectivity index (χ0v) is 19.7. The number of halogens is 1. The van der Waals surface area contributed by atoms with Crippen molar-refractivity contribution in [3.63, 3.8) is 0 Å². The van der Waals surface area contributed by atoms with Gasteiger partial charge in [0, 0.05) is 29.8 Å². The van der Waals surface area contributed by atoms with E-state index in [0.29, 0.717) is 41.6 Å². The number of hydrogen-bond acceptors (Lipinski definition) is 5. The fraction of sp³-hybridized carbons (Fsp3) is 0.370. The Kier molecular flexibility index (Phi) is 7.92. The summed E-state index contributed by atoms with van der Waals surface area (Å²) in [7, 11) is 1.48. The molecule has 1 aliphatic carbocycles. The van der Waals surface area contributed by atoms with Crippen LogP contribution in [0.3, 0.4) is 0 Å². The average Bonchev–Trinajstić information content (AvgIpc) is 2.86. The molecule has 1 heterocycles. The average molecular weight is 481 g/mol. The lowest BCUT2D eigenvalue weighted by atomic mass is 9.82. The Morgan fingerprint density at radius 1 is 1.06 bits per heavy atom. The molecule has 8 heteroatoms. The van der Waals surface area contributed by atoms with Gasteiger partial charge in [-0.15, -0.1) is 0 Å². The van der Waals surface area contributed by atoms with Crippen LogP contribution >= 0.6 is 0 Å². The standard InChI is InChI=1S/C27H29FN2O5/c1-34-23-12-21(11-22(28)13-23)27-24(20-5-3-2-4-6-20)14-25(31)30(29-27)15-18-7-9-19(10-8-18)16-35-17-26(32)33/h2-6,11-14,18-19H,7-10,15-17H2,1H3,(H,32,33)/t18-,19+. The topological polar surface area (TPSA) is 90.7 Å². The van der Waals surface area contributed by atoms with Gasteiger partial charge in [0.05, 0.1) is 19.4 Å². The number of rotatable bonds is 9. The second kappa shape index (κ2) is 11.3. The minimum Gasteiger partial charge on any atom is -0.497 e. The van der Waals surface area contributed by atoms with Crippen molar-refractivity contribution in [1.29, 1.82) is 0 Å². The van der Waals surface area contributed by atoms with E-state index in [1.165, 1.54) is 23.9 Å². The molecule has 0 spiro atoms. The summed E-state index contributed by atoms with van der Waals surface area (Å²) in [4.78, 5) is 23.7. The van der Waals surface area contributed by atoms with Gasteiger partial charge in [0.1, 0.15) is 18.2 Å². The number of aliphatic carboxylic acids is 1. The molecule has 7 nitrogen and oxygen atoms in total. The largest absolute Gasteiger partial charge is 0.497 e. The summed E-state index contributed by atoms with van der Waals surface area (Å²) < 4.78 is 26.3. The van der Waals surface area contributed by atoms with Crippen LogP contribution in [0.4, 0.5) is 4.39 Å². The molecule has 3 aromatic rings. The molecule has 1 aliphatic rings. The molecule has 184 valence electrons. The highest BCUT2D eigenvalue weighted by Gasteiger charge is 2.23. The van der Waals surface area contributed by atoms with Crippen molar-refractivity contribution in [2.75, 3.05) is 20.3 Å². The Balaban J connectivity index is 1.59. The number of ether oxygens (including phenoxy) is 2. The number of hydrogen-bond donors (Lipinski definition) is 1. The summed E-state index contributed by atoms with van der Waals surface area (Å²) >= 11 is 0. The van der Waals surface area contributed by atoms with Crippen LogP contribution in [0.15, 0.2) is 59.4 Å². The van der Waals surface area contributed by atoms with Gasteiger partial charge >= 0.3 is 5.97 Å². The highest BCUT2D eigenvalue weighted by molar-refractivity contribution is 5.80. The number of carboxylic acid groups (broad SMARTS) is 1. The molecule has 0 amide bonds. The lowest BCUT2D eigenvalue weighted by molar-refractivity contribution is -0.142. The van der Waals surface area contributed by atoms with Crippen molar-refractivity contribution in [1.82, 2.24) is 9.78 Å². The quantitative estimate of drug-likeness (QED) is 0.480. The van der Waals surface area contributed by atoms with Crippen LogP contribution in [0.5, 0.6) is 5.75 Å². The number of aromatic nitrogens is 2. The summed E-state index contributed by atoms with van der Waals surface area (Å²) in [6.07, 6.45) is 3.63. The first-order chi connectivity index (χ1) is 16.9. The lowest BCUT2D eigenvalue weighted by Crippen LogP contribution is -2.29. The molecule has 4 rings (SSSR count). The number of carbonyl (C=O) groups is 1. The Morgan fingerprint density at radius 2 is 1.77 bits per heavy atom. The van der Waals surface area contributed by atoms with Crippen molar-refractivity contribution in [3.05, 3.63) is 70.8 Å². The van der Waals surface area contributed by atoms with E-state index in [9.17, 15) is 14.0 Å². The van der Waals surface area contributed by atoms with Gasteiger partial charge in [0.15, 0.2) is 0 Å². The van der Waals surface area contributed by atoms with Gasteiger partial charge < -0.3 is 14.6 Å². The fourth-order valence-corrected chi connectivity index (χ4v) is 4.63. The fourth-order valence-electron chi connectivity index (χ4n) is 4.63. The molecule has 1 N–H and O–H groups in total. The minimum absolute atomic E-state index is 0.206. The van der Waals surface area contributed by atoms with Crippen LogP contribution in [0, 0.1) is 17.7 Å². The maximum atomic E-state index is 14.3. The van der Waals surface area contributed by atoms with Crippen molar-refractivity contribution < 1.29 is 23.8 Å². The third-order valence-electron chi connectivity index (χ3n) is 6.44. The summed E-state index contributed by atoms with van der Waals surface area (Å²) in [5, 5.41) is 13.4. The molecule has 0 atom stereocenters. The van der Waals surface area contributed by atoms with E-state index in [2.05, 4.69) is 0 Å². The lowest BCUT2D eigenvalue weighted by Gasteiger charge is -2.28. The Hall–Kier alpha value is -3.52. The van der Waals surface area contributed by atoms with Gasteiger partial charge in [-0.05, 0) is 55.2 Å². The monoisotopic (exact) mass is 480 g/mol. The van der Waals surface area contributed by atoms with Crippen molar-refractivity contribution in [3.8, 4) is 28.1 Å². The second-order valence-corrected chi connectivity index (χ2v) is 8.97. The molecule has 1 aromatic heterocycles. The van der Waals surface area contributed by atoms with Crippen LogP contribution in [0.1, 0.15) is 25.7 Å². The summed E-state index contributed by atoms with van der Waals surface area (Å²) in [6, 6.07) is 15.4. The van der Waals surface area contributed by atoms with Gasteiger partial charge in [-0.3, -0.25) is 4.79 Å². The van der Waals surface area contributed by atoms with E-state index < -0.39 is 11.8 Å². The first kappa shape index (κ1) is 24.6. The van der Waals surface area contributed by atoms with Crippen molar-refractivity contribution in [2.24, 2.45) is 11.8 Å².